The lowest BCUT2D eigenvalue weighted by Crippen LogP contribution is -2.21. The van der Waals surface area contributed by atoms with Crippen LogP contribution in [-0.4, -0.2) is 24.3 Å². The fourth-order valence-electron chi connectivity index (χ4n) is 3.88. The van der Waals surface area contributed by atoms with Crippen LogP contribution >= 0.6 is 0 Å². The Hall–Kier alpha value is -3.40. The fraction of sp³-hybridized carbons (Fsp3) is 0.200. The zero-order chi connectivity index (χ0) is 19.8. The van der Waals surface area contributed by atoms with Crippen LogP contribution in [0.4, 0.5) is 17.1 Å². The number of nitrogens with zero attached hydrogens (tertiary/aromatic N) is 2. The Balaban J connectivity index is 1.65. The van der Waals surface area contributed by atoms with Crippen LogP contribution < -0.4 is 4.90 Å². The first-order valence-corrected chi connectivity index (χ1v) is 10.1. The van der Waals surface area contributed by atoms with Crippen LogP contribution in [0.2, 0.25) is 0 Å². The molecule has 2 aliphatic rings. The normalized spacial score (nSPS) is 15.1. The largest absolute Gasteiger partial charge is 0.462 e. The maximum Gasteiger partial charge on any atom is 0.338 e. The number of aliphatic imine (C=N–C) groups is 1. The van der Waals surface area contributed by atoms with Gasteiger partial charge in [-0.2, -0.15) is 0 Å². The van der Waals surface area contributed by atoms with Gasteiger partial charge in [0.15, 0.2) is 0 Å². The quantitative estimate of drug-likeness (QED) is 0.548. The summed E-state index contributed by atoms with van der Waals surface area (Å²) in [6.07, 6.45) is 2.40. The number of benzene rings is 3. The van der Waals surface area contributed by atoms with Crippen molar-refractivity contribution in [3.8, 4) is 0 Å². The van der Waals surface area contributed by atoms with Crippen LogP contribution in [-0.2, 0) is 4.74 Å². The number of ether oxygens (including phenoxy) is 1. The summed E-state index contributed by atoms with van der Waals surface area (Å²) >= 11 is 0. The molecule has 3 aromatic rings. The molecule has 29 heavy (non-hydrogen) atoms. The third kappa shape index (κ3) is 3.21. The van der Waals surface area contributed by atoms with Gasteiger partial charge >= 0.3 is 5.97 Å². The molecule has 1 saturated carbocycles. The van der Waals surface area contributed by atoms with E-state index < -0.39 is 0 Å². The summed E-state index contributed by atoms with van der Waals surface area (Å²) in [5.41, 5.74) is 6.89. The van der Waals surface area contributed by atoms with Crippen LogP contribution in [0.5, 0.6) is 0 Å². The number of anilines is 2. The average Bonchev–Trinajstić information content (AvgIpc) is 3.59. The third-order valence-corrected chi connectivity index (χ3v) is 5.37. The van der Waals surface area contributed by atoms with Crippen molar-refractivity contribution < 1.29 is 9.53 Å². The minimum Gasteiger partial charge on any atom is -0.462 e. The van der Waals surface area contributed by atoms with Crippen LogP contribution in [0.15, 0.2) is 77.8 Å². The Morgan fingerprint density at radius 1 is 0.966 bits per heavy atom. The van der Waals surface area contributed by atoms with Crippen molar-refractivity contribution in [1.82, 2.24) is 0 Å². The van der Waals surface area contributed by atoms with Gasteiger partial charge in [-0.05, 0) is 50.1 Å². The second-order valence-electron chi connectivity index (χ2n) is 7.37. The Morgan fingerprint density at radius 3 is 2.38 bits per heavy atom. The molecule has 0 amide bonds. The highest BCUT2D eigenvalue weighted by molar-refractivity contribution is 6.19. The first kappa shape index (κ1) is 17.7. The standard InChI is InChI=1S/C25H22N2O2/c1-2-29-25(28)18-13-11-17(12-14-18)24-20-7-3-5-9-22(20)27(19-15-16-19)23-10-6-4-8-21(23)26-24/h3-14,19H,2,15-16H2,1H3. The monoisotopic (exact) mass is 382 g/mol. The fourth-order valence-corrected chi connectivity index (χ4v) is 3.88. The van der Waals surface area contributed by atoms with Gasteiger partial charge in [-0.3, -0.25) is 0 Å². The van der Waals surface area contributed by atoms with Gasteiger partial charge in [-0.1, -0.05) is 42.5 Å². The summed E-state index contributed by atoms with van der Waals surface area (Å²) in [6.45, 7) is 2.18. The van der Waals surface area contributed by atoms with E-state index in [1.807, 2.05) is 37.3 Å². The van der Waals surface area contributed by atoms with Gasteiger partial charge in [0, 0.05) is 17.2 Å². The van der Waals surface area contributed by atoms with Crippen LogP contribution in [0.3, 0.4) is 0 Å². The minimum atomic E-state index is -0.299. The molecule has 0 radical (unpaired) electrons. The van der Waals surface area contributed by atoms with E-state index >= 15 is 0 Å². The average molecular weight is 382 g/mol. The molecule has 0 spiro atoms. The van der Waals surface area contributed by atoms with E-state index in [-0.39, 0.29) is 5.97 Å². The van der Waals surface area contributed by atoms with E-state index in [1.165, 1.54) is 18.5 Å². The summed E-state index contributed by atoms with van der Waals surface area (Å²) < 4.78 is 5.11. The number of para-hydroxylation sites is 3. The van der Waals surface area contributed by atoms with E-state index in [0.29, 0.717) is 18.2 Å². The van der Waals surface area contributed by atoms with E-state index in [2.05, 4.69) is 47.4 Å². The first-order valence-electron chi connectivity index (χ1n) is 10.1. The highest BCUT2D eigenvalue weighted by Gasteiger charge is 2.34. The Labute approximate surface area is 170 Å². The Morgan fingerprint density at radius 2 is 1.66 bits per heavy atom. The Kier molecular flexibility index (Phi) is 4.39. The van der Waals surface area contributed by atoms with Crippen LogP contribution in [0.1, 0.15) is 41.3 Å². The first-order chi connectivity index (χ1) is 14.3. The van der Waals surface area contributed by atoms with Crippen LogP contribution in [0, 0.1) is 0 Å². The van der Waals surface area contributed by atoms with E-state index in [4.69, 9.17) is 9.73 Å². The van der Waals surface area contributed by atoms with Crippen molar-refractivity contribution in [3.63, 3.8) is 0 Å². The van der Waals surface area contributed by atoms with Gasteiger partial charge in [-0.15, -0.1) is 0 Å². The summed E-state index contributed by atoms with van der Waals surface area (Å²) in [7, 11) is 0. The number of fused-ring (bicyclic) bond motifs is 2. The SMILES string of the molecule is CCOC(=O)c1ccc(C2=Nc3ccccc3N(C3CC3)c3ccccc32)cc1. The smallest absolute Gasteiger partial charge is 0.338 e. The molecule has 0 saturated heterocycles. The molecule has 1 fully saturated rings. The molecule has 4 nitrogen and oxygen atoms in total. The summed E-state index contributed by atoms with van der Waals surface area (Å²) in [5.74, 6) is -0.299. The molecule has 5 rings (SSSR count). The highest BCUT2D eigenvalue weighted by Crippen LogP contribution is 2.46. The number of esters is 1. The maximum absolute atomic E-state index is 12.0. The number of carbonyl (C=O) groups is 1. The summed E-state index contributed by atoms with van der Waals surface area (Å²) in [6, 6.07) is 24.9. The van der Waals surface area contributed by atoms with Gasteiger partial charge in [-0.25, -0.2) is 9.79 Å². The molecular weight excluding hydrogens is 360 g/mol. The molecule has 0 unspecified atom stereocenters. The molecule has 3 aromatic carbocycles. The van der Waals surface area contributed by atoms with Gasteiger partial charge in [0.1, 0.15) is 0 Å². The molecule has 0 aromatic heterocycles. The lowest BCUT2D eigenvalue weighted by Gasteiger charge is -2.26. The predicted octanol–water partition coefficient (Wildman–Crippen LogP) is 5.65. The molecule has 1 aliphatic heterocycles. The maximum atomic E-state index is 12.0. The molecule has 144 valence electrons. The van der Waals surface area contributed by atoms with E-state index in [9.17, 15) is 4.79 Å². The molecular formula is C25H22N2O2. The number of hydrogen-bond acceptors (Lipinski definition) is 4. The topological polar surface area (TPSA) is 41.9 Å². The molecule has 4 heteroatoms. The number of rotatable bonds is 4. The van der Waals surface area contributed by atoms with E-state index in [1.54, 1.807) is 0 Å². The second kappa shape index (κ2) is 7.21. The zero-order valence-corrected chi connectivity index (χ0v) is 16.3. The van der Waals surface area contributed by atoms with Crippen LogP contribution in [0.25, 0.3) is 0 Å². The van der Waals surface area contributed by atoms with Crippen molar-refractivity contribution in [1.29, 1.82) is 0 Å². The summed E-state index contributed by atoms with van der Waals surface area (Å²) in [5, 5.41) is 0. The molecule has 0 atom stereocenters. The number of hydrogen-bond donors (Lipinski definition) is 0. The molecule has 1 aliphatic carbocycles. The van der Waals surface area contributed by atoms with Gasteiger partial charge in [0.25, 0.3) is 0 Å². The van der Waals surface area contributed by atoms with Crippen molar-refractivity contribution in [2.75, 3.05) is 11.5 Å². The van der Waals surface area contributed by atoms with Gasteiger partial charge in [0.2, 0.25) is 0 Å². The third-order valence-electron chi connectivity index (χ3n) is 5.37. The van der Waals surface area contributed by atoms with E-state index in [0.717, 1.165) is 28.2 Å². The molecule has 0 N–H and O–H groups in total. The number of carbonyl (C=O) groups excluding carboxylic acids is 1. The Bertz CT molecular complexity index is 1100. The van der Waals surface area contributed by atoms with Crippen molar-refractivity contribution >= 4 is 28.7 Å². The van der Waals surface area contributed by atoms with Gasteiger partial charge in [0.05, 0.1) is 34.9 Å². The van der Waals surface area contributed by atoms with Gasteiger partial charge < -0.3 is 9.64 Å². The van der Waals surface area contributed by atoms with Crippen molar-refractivity contribution in [2.24, 2.45) is 4.99 Å². The molecule has 1 heterocycles. The zero-order valence-electron chi connectivity index (χ0n) is 16.3. The lowest BCUT2D eigenvalue weighted by molar-refractivity contribution is 0.0526. The van der Waals surface area contributed by atoms with Crippen molar-refractivity contribution in [3.05, 3.63) is 89.5 Å². The highest BCUT2D eigenvalue weighted by atomic mass is 16.5. The lowest BCUT2D eigenvalue weighted by atomic mass is 9.99. The summed E-state index contributed by atoms with van der Waals surface area (Å²) in [4.78, 5) is 19.5. The molecule has 0 bridgehead atoms. The predicted molar refractivity (Wildman–Crippen MR) is 116 cm³/mol. The van der Waals surface area contributed by atoms with Crippen molar-refractivity contribution in [2.45, 2.75) is 25.8 Å². The minimum absolute atomic E-state index is 0.299. The second-order valence-corrected chi connectivity index (χ2v) is 7.37.